The van der Waals surface area contributed by atoms with E-state index >= 15 is 0 Å². The highest BCUT2D eigenvalue weighted by molar-refractivity contribution is 6.05. The Balaban J connectivity index is 1.60. The first-order valence-corrected chi connectivity index (χ1v) is 9.12. The average Bonchev–Trinajstić information content (AvgIpc) is 3.50. The van der Waals surface area contributed by atoms with E-state index in [1.807, 2.05) is 72.8 Å². The van der Waals surface area contributed by atoms with Crippen LogP contribution < -0.4 is 5.32 Å². The van der Waals surface area contributed by atoms with Crippen molar-refractivity contribution in [1.82, 2.24) is 0 Å². The van der Waals surface area contributed by atoms with E-state index in [0.29, 0.717) is 12.8 Å². The fraction of sp³-hybridized carbons (Fsp3) is 0.208. The molecule has 0 aromatic heterocycles. The van der Waals surface area contributed by atoms with Crippen molar-refractivity contribution in [2.24, 2.45) is 5.41 Å². The van der Waals surface area contributed by atoms with Gasteiger partial charge in [-0.15, -0.1) is 0 Å². The molecule has 1 aliphatic rings. The van der Waals surface area contributed by atoms with Gasteiger partial charge < -0.3 is 10.4 Å². The lowest BCUT2D eigenvalue weighted by molar-refractivity contribution is -0.127. The van der Waals surface area contributed by atoms with Crippen molar-refractivity contribution in [3.05, 3.63) is 78.4 Å². The Morgan fingerprint density at radius 1 is 1.00 bits per heavy atom. The minimum Gasteiger partial charge on any atom is -0.377 e. The van der Waals surface area contributed by atoms with Gasteiger partial charge in [0.05, 0.1) is 5.41 Å². The normalized spacial score (nSPS) is 16.7. The lowest BCUT2D eigenvalue weighted by atomic mass is 9.85. The molecule has 1 atom stereocenters. The maximum atomic E-state index is 13.1. The molecule has 1 fully saturated rings. The van der Waals surface area contributed by atoms with Gasteiger partial charge in [-0.3, -0.25) is 4.79 Å². The average molecular weight is 355 g/mol. The van der Waals surface area contributed by atoms with Crippen molar-refractivity contribution < 1.29 is 9.90 Å². The Bertz CT molecular complexity index is 1050. The lowest BCUT2D eigenvalue weighted by Crippen LogP contribution is -2.43. The van der Waals surface area contributed by atoms with Crippen molar-refractivity contribution in [2.45, 2.75) is 25.4 Å². The van der Waals surface area contributed by atoms with Crippen LogP contribution in [0.15, 0.2) is 72.8 Å². The van der Waals surface area contributed by atoms with Crippen LogP contribution in [0.25, 0.3) is 10.8 Å². The predicted molar refractivity (Wildman–Crippen MR) is 108 cm³/mol. The van der Waals surface area contributed by atoms with E-state index in [1.165, 1.54) is 0 Å². The maximum absolute atomic E-state index is 13.1. The first kappa shape index (κ1) is 17.3. The van der Waals surface area contributed by atoms with Crippen LogP contribution in [-0.4, -0.2) is 16.6 Å². The molecule has 1 saturated carbocycles. The Morgan fingerprint density at radius 3 is 2.41 bits per heavy atom. The molecular weight excluding hydrogens is 334 g/mol. The second-order valence-corrected chi connectivity index (χ2v) is 7.25. The third-order valence-corrected chi connectivity index (χ3v) is 5.38. The smallest absolute Gasteiger partial charge is 0.234 e. The summed E-state index contributed by atoms with van der Waals surface area (Å²) in [6.45, 7) is 1.64. The minimum absolute atomic E-state index is 0.175. The Kier molecular flexibility index (Phi) is 4.22. The number of rotatable bonds is 3. The molecule has 3 heteroatoms. The maximum Gasteiger partial charge on any atom is 0.234 e. The van der Waals surface area contributed by atoms with E-state index in [9.17, 15) is 9.90 Å². The number of anilines is 1. The monoisotopic (exact) mass is 355 g/mol. The summed E-state index contributed by atoms with van der Waals surface area (Å²) < 4.78 is 0. The van der Waals surface area contributed by atoms with Crippen LogP contribution in [0.3, 0.4) is 0 Å². The number of nitrogens with one attached hydrogen (secondary N) is 1. The Morgan fingerprint density at radius 2 is 1.67 bits per heavy atom. The van der Waals surface area contributed by atoms with Crippen molar-refractivity contribution in [3.63, 3.8) is 0 Å². The minimum atomic E-state index is -1.39. The van der Waals surface area contributed by atoms with E-state index in [-0.39, 0.29) is 5.91 Å². The zero-order valence-corrected chi connectivity index (χ0v) is 15.2. The van der Waals surface area contributed by atoms with Crippen LogP contribution >= 0.6 is 0 Å². The third-order valence-electron chi connectivity index (χ3n) is 5.38. The summed E-state index contributed by atoms with van der Waals surface area (Å²) in [5.41, 5.74) is -0.678. The number of carbonyl (C=O) groups excluding carboxylic acids is 1. The van der Waals surface area contributed by atoms with Gasteiger partial charge in [-0.25, -0.2) is 0 Å². The van der Waals surface area contributed by atoms with E-state index in [4.69, 9.17) is 0 Å². The molecule has 3 aromatic carbocycles. The lowest BCUT2D eigenvalue weighted by Gasteiger charge is -2.27. The molecule has 0 aliphatic heterocycles. The zero-order valence-electron chi connectivity index (χ0n) is 15.2. The van der Waals surface area contributed by atoms with Gasteiger partial charge in [0.2, 0.25) is 5.91 Å². The quantitative estimate of drug-likeness (QED) is 0.686. The Hall–Kier alpha value is -3.09. The molecule has 3 aromatic rings. The Labute approximate surface area is 159 Å². The highest BCUT2D eigenvalue weighted by Crippen LogP contribution is 2.54. The van der Waals surface area contributed by atoms with Gasteiger partial charge in [0.25, 0.3) is 0 Å². The predicted octanol–water partition coefficient (Wildman–Crippen LogP) is 4.36. The molecule has 2 N–H and O–H groups in total. The van der Waals surface area contributed by atoms with E-state index in [2.05, 4.69) is 17.2 Å². The summed E-state index contributed by atoms with van der Waals surface area (Å²) >= 11 is 0. The fourth-order valence-corrected chi connectivity index (χ4v) is 3.47. The fourth-order valence-electron chi connectivity index (χ4n) is 3.47. The molecule has 1 aliphatic carbocycles. The third kappa shape index (κ3) is 3.20. The van der Waals surface area contributed by atoms with Crippen LogP contribution in [0.2, 0.25) is 0 Å². The van der Waals surface area contributed by atoms with Crippen molar-refractivity contribution in [2.75, 3.05) is 5.32 Å². The molecule has 27 heavy (non-hydrogen) atoms. The molecule has 0 spiro atoms. The van der Waals surface area contributed by atoms with Crippen LogP contribution in [0.5, 0.6) is 0 Å². The molecule has 0 saturated heterocycles. The first-order valence-electron chi connectivity index (χ1n) is 9.12. The number of hydrogen-bond donors (Lipinski definition) is 2. The SMILES string of the molecule is CC(O)(C#Cc1ccccc1)C1(C(=O)Nc2cccc3ccccc23)CC1. The van der Waals surface area contributed by atoms with Gasteiger partial charge in [-0.2, -0.15) is 0 Å². The molecular formula is C24H21NO2. The zero-order chi connectivity index (χ0) is 18.9. The topological polar surface area (TPSA) is 49.3 Å². The van der Waals surface area contributed by atoms with E-state index in [0.717, 1.165) is 22.0 Å². The molecule has 4 rings (SSSR count). The molecule has 0 radical (unpaired) electrons. The molecule has 134 valence electrons. The van der Waals surface area contributed by atoms with E-state index in [1.54, 1.807) is 6.92 Å². The number of hydrogen-bond acceptors (Lipinski definition) is 2. The van der Waals surface area contributed by atoms with Crippen LogP contribution in [0, 0.1) is 17.3 Å². The van der Waals surface area contributed by atoms with Crippen molar-refractivity contribution >= 4 is 22.4 Å². The van der Waals surface area contributed by atoms with Gasteiger partial charge in [-0.1, -0.05) is 66.4 Å². The standard InChI is InChI=1S/C24H21NO2/c1-23(27,15-14-18-8-3-2-4-9-18)24(16-17-24)22(26)25-21-13-7-11-19-10-5-6-12-20(19)21/h2-13,27H,16-17H2,1H3,(H,25,26). The van der Waals surface area contributed by atoms with Crippen molar-refractivity contribution in [3.8, 4) is 11.8 Å². The van der Waals surface area contributed by atoms with Gasteiger partial charge in [0.15, 0.2) is 0 Å². The summed E-state index contributed by atoms with van der Waals surface area (Å²) in [6.07, 6.45) is 1.25. The second-order valence-electron chi connectivity index (χ2n) is 7.25. The largest absolute Gasteiger partial charge is 0.377 e. The summed E-state index contributed by atoms with van der Waals surface area (Å²) in [5.74, 6) is 5.75. The van der Waals surface area contributed by atoms with Gasteiger partial charge >= 0.3 is 0 Å². The van der Waals surface area contributed by atoms with E-state index < -0.39 is 11.0 Å². The summed E-state index contributed by atoms with van der Waals surface area (Å²) in [7, 11) is 0. The molecule has 1 unspecified atom stereocenters. The summed E-state index contributed by atoms with van der Waals surface area (Å²) in [6, 6.07) is 23.2. The van der Waals surface area contributed by atoms with Crippen molar-refractivity contribution in [1.29, 1.82) is 0 Å². The number of aliphatic hydroxyl groups is 1. The number of amides is 1. The molecule has 0 heterocycles. The molecule has 3 nitrogen and oxygen atoms in total. The number of carbonyl (C=O) groups is 1. The van der Waals surface area contributed by atoms with Crippen LogP contribution in [-0.2, 0) is 4.79 Å². The molecule has 0 bridgehead atoms. The molecule has 1 amide bonds. The number of benzene rings is 3. The van der Waals surface area contributed by atoms with Gasteiger partial charge in [0.1, 0.15) is 5.60 Å². The highest BCUT2D eigenvalue weighted by Gasteiger charge is 2.61. The highest BCUT2D eigenvalue weighted by atomic mass is 16.3. The van der Waals surface area contributed by atoms with Crippen LogP contribution in [0.1, 0.15) is 25.3 Å². The van der Waals surface area contributed by atoms with Gasteiger partial charge in [-0.05, 0) is 43.4 Å². The second kappa shape index (κ2) is 6.57. The van der Waals surface area contributed by atoms with Gasteiger partial charge in [0, 0.05) is 16.6 Å². The summed E-state index contributed by atoms with van der Waals surface area (Å²) in [5, 5.41) is 16.1. The summed E-state index contributed by atoms with van der Waals surface area (Å²) in [4.78, 5) is 13.1. The number of fused-ring (bicyclic) bond motifs is 1. The van der Waals surface area contributed by atoms with Crippen LogP contribution in [0.4, 0.5) is 5.69 Å². The first-order chi connectivity index (χ1) is 13.0.